The largest absolute Gasteiger partial charge is 0.497 e. The van der Waals surface area contributed by atoms with Crippen LogP contribution in [-0.2, 0) is 6.73 Å². The van der Waals surface area contributed by atoms with Crippen molar-refractivity contribution in [2.75, 3.05) is 7.11 Å². The van der Waals surface area contributed by atoms with Crippen LogP contribution in [0.1, 0.15) is 5.56 Å². The molecule has 98 valence electrons. The van der Waals surface area contributed by atoms with Crippen molar-refractivity contribution < 1.29 is 9.84 Å². The molecule has 0 atom stereocenters. The van der Waals surface area contributed by atoms with Crippen LogP contribution >= 0.6 is 0 Å². The molecule has 0 aliphatic rings. The van der Waals surface area contributed by atoms with Crippen molar-refractivity contribution in [3.05, 3.63) is 40.3 Å². The van der Waals surface area contributed by atoms with Crippen molar-refractivity contribution in [2.24, 2.45) is 0 Å². The molecule has 0 bridgehead atoms. The first kappa shape index (κ1) is 11.7. The van der Waals surface area contributed by atoms with Gasteiger partial charge < -0.3 is 9.84 Å². The molecule has 1 aromatic carbocycles. The Morgan fingerprint density at radius 3 is 2.84 bits per heavy atom. The van der Waals surface area contributed by atoms with Gasteiger partial charge in [0.25, 0.3) is 0 Å². The number of aryl methyl sites for hydroxylation is 1. The molecule has 19 heavy (non-hydrogen) atoms. The first-order chi connectivity index (χ1) is 9.15. The van der Waals surface area contributed by atoms with Crippen molar-refractivity contribution in [2.45, 2.75) is 13.7 Å². The number of nitrogens with zero attached hydrogens (tertiary/aromatic N) is 3. The Labute approximate surface area is 108 Å². The van der Waals surface area contributed by atoms with E-state index in [0.29, 0.717) is 5.65 Å². The molecule has 0 amide bonds. The average molecular weight is 259 g/mol. The smallest absolute Gasteiger partial charge is 0.353 e. The minimum atomic E-state index is -0.433. The minimum absolute atomic E-state index is 0.351. The molecule has 0 aliphatic carbocycles. The standard InChI is InChI=1S/C13H13N3O3/c1-8-5-9-6-10(19-2)3-4-11(9)16-12(8)14-15(7-17)13(16)18/h3-6,17H,7H2,1-2H3. The lowest BCUT2D eigenvalue weighted by Gasteiger charge is -2.05. The molecule has 3 aromatic rings. The SMILES string of the molecule is COc1ccc2c(c1)cc(C)c1nn(CO)c(=O)n12. The molecular weight excluding hydrogens is 246 g/mol. The molecule has 6 heteroatoms. The Morgan fingerprint density at radius 1 is 1.37 bits per heavy atom. The Morgan fingerprint density at radius 2 is 2.16 bits per heavy atom. The normalized spacial score (nSPS) is 11.3. The maximum Gasteiger partial charge on any atom is 0.353 e. The third-order valence-corrected chi connectivity index (χ3v) is 3.17. The summed E-state index contributed by atoms with van der Waals surface area (Å²) in [5.74, 6) is 0.730. The van der Waals surface area contributed by atoms with Crippen LogP contribution in [0.4, 0.5) is 0 Å². The fraction of sp³-hybridized carbons (Fsp3) is 0.231. The van der Waals surface area contributed by atoms with Crippen LogP contribution in [-0.4, -0.2) is 26.4 Å². The van der Waals surface area contributed by atoms with Gasteiger partial charge in [-0.1, -0.05) is 0 Å². The van der Waals surface area contributed by atoms with E-state index in [1.807, 2.05) is 25.1 Å². The molecule has 0 radical (unpaired) electrons. The molecule has 2 aromatic heterocycles. The van der Waals surface area contributed by atoms with Gasteiger partial charge in [0.1, 0.15) is 12.5 Å². The number of rotatable bonds is 2. The van der Waals surface area contributed by atoms with Crippen molar-refractivity contribution >= 4 is 16.6 Å². The highest BCUT2D eigenvalue weighted by atomic mass is 16.5. The summed E-state index contributed by atoms with van der Waals surface area (Å²) in [7, 11) is 1.60. The summed E-state index contributed by atoms with van der Waals surface area (Å²) in [5, 5.41) is 14.1. The summed E-state index contributed by atoms with van der Waals surface area (Å²) in [6, 6.07) is 7.41. The molecular formula is C13H13N3O3. The van der Waals surface area contributed by atoms with Crippen LogP contribution in [0.2, 0.25) is 0 Å². The summed E-state index contributed by atoms with van der Waals surface area (Å²) in [6.07, 6.45) is 0. The van der Waals surface area contributed by atoms with E-state index in [0.717, 1.165) is 26.9 Å². The van der Waals surface area contributed by atoms with Gasteiger partial charge in [0.05, 0.1) is 12.6 Å². The van der Waals surface area contributed by atoms with E-state index < -0.39 is 6.73 Å². The lowest BCUT2D eigenvalue weighted by molar-refractivity contribution is 0.191. The van der Waals surface area contributed by atoms with E-state index in [-0.39, 0.29) is 5.69 Å². The number of ether oxygens (including phenoxy) is 1. The average Bonchev–Trinajstić information content (AvgIpc) is 2.76. The molecule has 0 fully saturated rings. The Kier molecular flexibility index (Phi) is 2.53. The van der Waals surface area contributed by atoms with Crippen molar-refractivity contribution in [3.63, 3.8) is 0 Å². The van der Waals surface area contributed by atoms with Crippen LogP contribution in [0, 0.1) is 6.92 Å². The fourth-order valence-electron chi connectivity index (χ4n) is 2.25. The number of benzene rings is 1. The number of hydrogen-bond acceptors (Lipinski definition) is 4. The maximum absolute atomic E-state index is 12.2. The van der Waals surface area contributed by atoms with Crippen molar-refractivity contribution in [1.29, 1.82) is 0 Å². The molecule has 0 saturated heterocycles. The van der Waals surface area contributed by atoms with Crippen LogP contribution in [0.15, 0.2) is 29.1 Å². The van der Waals surface area contributed by atoms with Gasteiger partial charge in [-0.2, -0.15) is 4.68 Å². The number of pyridine rings is 1. The topological polar surface area (TPSA) is 68.8 Å². The van der Waals surface area contributed by atoms with Crippen LogP contribution < -0.4 is 10.4 Å². The Balaban J connectivity index is 2.51. The molecule has 2 heterocycles. The second-order valence-corrected chi connectivity index (χ2v) is 4.33. The van der Waals surface area contributed by atoms with E-state index in [4.69, 9.17) is 9.84 Å². The summed E-state index contributed by atoms with van der Waals surface area (Å²) in [6.45, 7) is 1.44. The number of fused-ring (bicyclic) bond motifs is 3. The van der Waals surface area contributed by atoms with Gasteiger partial charge in [-0.05, 0) is 36.8 Å². The van der Waals surface area contributed by atoms with Gasteiger partial charge in [-0.15, -0.1) is 5.10 Å². The van der Waals surface area contributed by atoms with Gasteiger partial charge in [0.15, 0.2) is 5.65 Å². The number of hydrogen-bond donors (Lipinski definition) is 1. The van der Waals surface area contributed by atoms with Gasteiger partial charge in [-0.25, -0.2) is 9.20 Å². The summed E-state index contributed by atoms with van der Waals surface area (Å²) < 4.78 is 7.72. The Bertz CT molecular complexity index is 832. The van der Waals surface area contributed by atoms with Gasteiger partial charge >= 0.3 is 5.69 Å². The highest BCUT2D eigenvalue weighted by molar-refractivity contribution is 5.84. The predicted octanol–water partition coefficient (Wildman–Crippen LogP) is 0.916. The van der Waals surface area contributed by atoms with E-state index in [1.54, 1.807) is 13.2 Å². The molecule has 1 N–H and O–H groups in total. The highest BCUT2D eigenvalue weighted by Crippen LogP contribution is 2.23. The van der Waals surface area contributed by atoms with Gasteiger partial charge in [-0.3, -0.25) is 0 Å². The van der Waals surface area contributed by atoms with Gasteiger partial charge in [0, 0.05) is 5.39 Å². The number of aromatic nitrogens is 3. The van der Waals surface area contributed by atoms with E-state index >= 15 is 0 Å². The summed E-state index contributed by atoms with van der Waals surface area (Å²) in [4.78, 5) is 12.2. The maximum atomic E-state index is 12.2. The monoisotopic (exact) mass is 259 g/mol. The lowest BCUT2D eigenvalue weighted by Crippen LogP contribution is -2.21. The second kappa shape index (κ2) is 4.10. The Hall–Kier alpha value is -2.34. The predicted molar refractivity (Wildman–Crippen MR) is 70.5 cm³/mol. The number of methoxy groups -OCH3 is 1. The first-order valence-corrected chi connectivity index (χ1v) is 5.83. The van der Waals surface area contributed by atoms with Crippen LogP contribution in [0.5, 0.6) is 5.75 Å². The third-order valence-electron chi connectivity index (χ3n) is 3.17. The van der Waals surface area contributed by atoms with E-state index in [2.05, 4.69) is 5.10 Å². The third kappa shape index (κ3) is 1.61. The zero-order valence-corrected chi connectivity index (χ0v) is 10.6. The van der Waals surface area contributed by atoms with Crippen molar-refractivity contribution in [3.8, 4) is 5.75 Å². The van der Waals surface area contributed by atoms with Gasteiger partial charge in [0.2, 0.25) is 0 Å². The van der Waals surface area contributed by atoms with Crippen LogP contribution in [0.25, 0.3) is 16.6 Å². The molecule has 0 spiro atoms. The molecule has 0 aliphatic heterocycles. The van der Waals surface area contributed by atoms with Crippen molar-refractivity contribution in [1.82, 2.24) is 14.2 Å². The molecule has 0 saturated carbocycles. The number of aliphatic hydroxyl groups excluding tert-OH is 1. The highest BCUT2D eigenvalue weighted by Gasteiger charge is 2.12. The van der Waals surface area contributed by atoms with Crippen LogP contribution in [0.3, 0.4) is 0 Å². The zero-order chi connectivity index (χ0) is 13.6. The summed E-state index contributed by atoms with van der Waals surface area (Å²) in [5.41, 5.74) is 1.81. The molecule has 6 nitrogen and oxygen atoms in total. The number of aliphatic hydroxyl groups is 1. The zero-order valence-electron chi connectivity index (χ0n) is 10.6. The quantitative estimate of drug-likeness (QED) is 0.743. The first-order valence-electron chi connectivity index (χ1n) is 5.83. The molecule has 3 rings (SSSR count). The lowest BCUT2D eigenvalue weighted by atomic mass is 10.1. The second-order valence-electron chi connectivity index (χ2n) is 4.33. The summed E-state index contributed by atoms with van der Waals surface area (Å²) >= 11 is 0. The fourth-order valence-corrected chi connectivity index (χ4v) is 2.25. The minimum Gasteiger partial charge on any atom is -0.497 e. The van der Waals surface area contributed by atoms with E-state index in [9.17, 15) is 4.79 Å². The van der Waals surface area contributed by atoms with E-state index in [1.165, 1.54) is 4.40 Å². The molecule has 0 unspecified atom stereocenters.